The highest BCUT2D eigenvalue weighted by molar-refractivity contribution is 6.01. The molecular weight excluding hydrogens is 323 g/mol. The molecule has 0 aromatic heterocycles. The van der Waals surface area contributed by atoms with Crippen LogP contribution in [0.1, 0.15) is 36.7 Å². The molecule has 0 spiro atoms. The first kappa shape index (κ1) is 18.4. The van der Waals surface area contributed by atoms with Crippen molar-refractivity contribution in [2.45, 2.75) is 20.8 Å². The van der Waals surface area contributed by atoms with Gasteiger partial charge in [-0.15, -0.1) is 0 Å². The Morgan fingerprint density at radius 1 is 1.08 bits per heavy atom. The van der Waals surface area contributed by atoms with Crippen LogP contribution in [0, 0.1) is 5.82 Å². The van der Waals surface area contributed by atoms with Gasteiger partial charge in [-0.3, -0.25) is 4.79 Å². The summed E-state index contributed by atoms with van der Waals surface area (Å²) in [5.41, 5.74) is 3.64. The van der Waals surface area contributed by atoms with E-state index in [2.05, 4.69) is 10.5 Å². The molecule has 0 unspecified atom stereocenters. The molecule has 2 aromatic carbocycles. The van der Waals surface area contributed by atoms with Crippen molar-refractivity contribution in [3.8, 4) is 11.5 Å². The van der Waals surface area contributed by atoms with Gasteiger partial charge in [-0.2, -0.15) is 5.10 Å². The van der Waals surface area contributed by atoms with E-state index in [9.17, 15) is 9.18 Å². The van der Waals surface area contributed by atoms with E-state index in [1.165, 1.54) is 18.2 Å². The lowest BCUT2D eigenvalue weighted by Gasteiger charge is -2.12. The molecule has 1 N–H and O–H groups in total. The van der Waals surface area contributed by atoms with Gasteiger partial charge in [0, 0.05) is 5.56 Å². The zero-order valence-electron chi connectivity index (χ0n) is 14.5. The first-order valence-corrected chi connectivity index (χ1v) is 8.06. The third-order valence-corrected chi connectivity index (χ3v) is 3.40. The lowest BCUT2D eigenvalue weighted by Crippen LogP contribution is -2.20. The number of hydrazone groups is 1. The number of carbonyl (C=O) groups excluding carboxylic acids is 1. The fourth-order valence-electron chi connectivity index (χ4n) is 2.18. The van der Waals surface area contributed by atoms with Crippen molar-refractivity contribution in [1.29, 1.82) is 0 Å². The average molecular weight is 344 g/mol. The van der Waals surface area contributed by atoms with Crippen LogP contribution >= 0.6 is 0 Å². The topological polar surface area (TPSA) is 59.9 Å². The fourth-order valence-corrected chi connectivity index (χ4v) is 2.18. The fraction of sp³-hybridized carbons (Fsp3) is 0.263. The van der Waals surface area contributed by atoms with Gasteiger partial charge in [0.25, 0.3) is 5.91 Å². The second-order valence-corrected chi connectivity index (χ2v) is 5.15. The zero-order chi connectivity index (χ0) is 18.2. The molecule has 5 nitrogen and oxygen atoms in total. The molecule has 132 valence electrons. The normalized spacial score (nSPS) is 11.1. The minimum atomic E-state index is -0.603. The summed E-state index contributed by atoms with van der Waals surface area (Å²) in [6, 6.07) is 11.2. The van der Waals surface area contributed by atoms with Crippen molar-refractivity contribution in [3.63, 3.8) is 0 Å². The predicted octanol–water partition coefficient (Wildman–Crippen LogP) is 3.78. The summed E-state index contributed by atoms with van der Waals surface area (Å²) in [7, 11) is 0. The number of rotatable bonds is 7. The summed E-state index contributed by atoms with van der Waals surface area (Å²) < 4.78 is 24.7. The van der Waals surface area contributed by atoms with Crippen LogP contribution in [0.3, 0.4) is 0 Å². The van der Waals surface area contributed by atoms with E-state index in [-0.39, 0.29) is 5.56 Å². The number of hydrogen-bond donors (Lipinski definition) is 1. The van der Waals surface area contributed by atoms with Crippen molar-refractivity contribution in [3.05, 3.63) is 59.4 Å². The molecule has 0 fully saturated rings. The number of halogens is 1. The predicted molar refractivity (Wildman–Crippen MR) is 94.9 cm³/mol. The minimum Gasteiger partial charge on any atom is -0.490 e. The second-order valence-electron chi connectivity index (χ2n) is 5.15. The molecule has 0 aliphatic rings. The summed E-state index contributed by atoms with van der Waals surface area (Å²) in [6.07, 6.45) is 0. The highest BCUT2D eigenvalue weighted by Gasteiger charge is 2.11. The van der Waals surface area contributed by atoms with Crippen LogP contribution in [-0.4, -0.2) is 24.8 Å². The Kier molecular flexibility index (Phi) is 6.51. The highest BCUT2D eigenvalue weighted by Crippen LogP contribution is 2.28. The summed E-state index contributed by atoms with van der Waals surface area (Å²) in [5.74, 6) is 0.0640. The van der Waals surface area contributed by atoms with Gasteiger partial charge in [0.15, 0.2) is 11.5 Å². The van der Waals surface area contributed by atoms with Gasteiger partial charge < -0.3 is 9.47 Å². The first-order valence-electron chi connectivity index (χ1n) is 8.06. The SMILES string of the molecule is CCOc1ccc(/C(C)=N\NC(=O)c2ccccc2F)cc1OCC. The number of carbonyl (C=O) groups is 1. The van der Waals surface area contributed by atoms with E-state index < -0.39 is 11.7 Å². The monoisotopic (exact) mass is 344 g/mol. The van der Waals surface area contributed by atoms with Crippen LogP contribution < -0.4 is 14.9 Å². The summed E-state index contributed by atoms with van der Waals surface area (Å²) in [5, 5.41) is 4.04. The lowest BCUT2D eigenvalue weighted by atomic mass is 10.1. The molecule has 0 saturated heterocycles. The largest absolute Gasteiger partial charge is 0.490 e. The van der Waals surface area contributed by atoms with Gasteiger partial charge in [-0.25, -0.2) is 9.82 Å². The first-order chi connectivity index (χ1) is 12.1. The Hall–Kier alpha value is -2.89. The minimum absolute atomic E-state index is 0.0549. The van der Waals surface area contributed by atoms with E-state index in [4.69, 9.17) is 9.47 Å². The Labute approximate surface area is 146 Å². The standard InChI is InChI=1S/C19H21FN2O3/c1-4-24-17-11-10-14(12-18(17)25-5-2)13(3)21-22-19(23)15-8-6-7-9-16(15)20/h6-12H,4-5H2,1-3H3,(H,22,23)/b21-13-. The number of hydrogen-bond acceptors (Lipinski definition) is 4. The molecule has 6 heteroatoms. The van der Waals surface area contributed by atoms with Crippen LogP contribution in [-0.2, 0) is 0 Å². The number of nitrogens with zero attached hydrogens (tertiary/aromatic N) is 1. The maximum absolute atomic E-state index is 13.6. The van der Waals surface area contributed by atoms with Crippen LogP contribution in [0.25, 0.3) is 0 Å². The number of benzene rings is 2. The van der Waals surface area contributed by atoms with Gasteiger partial charge in [0.1, 0.15) is 5.82 Å². The third-order valence-electron chi connectivity index (χ3n) is 3.40. The smallest absolute Gasteiger partial charge is 0.274 e. The van der Waals surface area contributed by atoms with Crippen molar-refractivity contribution in [2.24, 2.45) is 5.10 Å². The van der Waals surface area contributed by atoms with Crippen molar-refractivity contribution < 1.29 is 18.7 Å². The molecule has 1 amide bonds. The zero-order valence-corrected chi connectivity index (χ0v) is 14.5. The van der Waals surface area contributed by atoms with Gasteiger partial charge in [0.05, 0.1) is 24.5 Å². The molecule has 0 saturated carbocycles. The number of amides is 1. The van der Waals surface area contributed by atoms with E-state index in [0.717, 1.165) is 5.56 Å². The quantitative estimate of drug-likeness (QED) is 0.614. The number of ether oxygens (including phenoxy) is 2. The molecule has 0 aliphatic carbocycles. The molecule has 0 aliphatic heterocycles. The Morgan fingerprint density at radius 2 is 1.76 bits per heavy atom. The van der Waals surface area contributed by atoms with Crippen molar-refractivity contribution in [1.82, 2.24) is 5.43 Å². The molecule has 0 bridgehead atoms. The van der Waals surface area contributed by atoms with E-state index in [1.54, 1.807) is 25.1 Å². The van der Waals surface area contributed by atoms with Crippen LogP contribution in [0.15, 0.2) is 47.6 Å². The van der Waals surface area contributed by atoms with Crippen LogP contribution in [0.4, 0.5) is 4.39 Å². The Bertz CT molecular complexity index is 775. The molecule has 0 atom stereocenters. The Balaban J connectivity index is 2.17. The molecule has 0 radical (unpaired) electrons. The molecule has 2 aromatic rings. The number of nitrogens with one attached hydrogen (secondary N) is 1. The highest BCUT2D eigenvalue weighted by atomic mass is 19.1. The maximum atomic E-state index is 13.6. The second kappa shape index (κ2) is 8.82. The van der Waals surface area contributed by atoms with Crippen molar-refractivity contribution >= 4 is 11.6 Å². The molecule has 2 rings (SSSR count). The summed E-state index contributed by atoms with van der Waals surface area (Å²) >= 11 is 0. The Morgan fingerprint density at radius 3 is 2.44 bits per heavy atom. The van der Waals surface area contributed by atoms with E-state index >= 15 is 0 Å². The average Bonchev–Trinajstić information content (AvgIpc) is 2.61. The molecule has 0 heterocycles. The molecular formula is C19H21FN2O3. The van der Waals surface area contributed by atoms with Crippen molar-refractivity contribution in [2.75, 3.05) is 13.2 Å². The maximum Gasteiger partial charge on any atom is 0.274 e. The summed E-state index contributed by atoms with van der Waals surface area (Å²) in [6.45, 7) is 6.56. The van der Waals surface area contributed by atoms with Crippen LogP contribution in [0.5, 0.6) is 11.5 Å². The lowest BCUT2D eigenvalue weighted by molar-refractivity contribution is 0.0951. The van der Waals surface area contributed by atoms with Gasteiger partial charge >= 0.3 is 0 Å². The third kappa shape index (κ3) is 4.79. The van der Waals surface area contributed by atoms with E-state index in [0.29, 0.717) is 30.4 Å². The van der Waals surface area contributed by atoms with E-state index in [1.807, 2.05) is 19.9 Å². The summed E-state index contributed by atoms with van der Waals surface area (Å²) in [4.78, 5) is 12.0. The van der Waals surface area contributed by atoms with Gasteiger partial charge in [-0.05, 0) is 51.1 Å². The van der Waals surface area contributed by atoms with Gasteiger partial charge in [-0.1, -0.05) is 12.1 Å². The van der Waals surface area contributed by atoms with Crippen LogP contribution in [0.2, 0.25) is 0 Å². The van der Waals surface area contributed by atoms with Gasteiger partial charge in [0.2, 0.25) is 0 Å². The molecule has 25 heavy (non-hydrogen) atoms.